The van der Waals surface area contributed by atoms with Crippen LogP contribution in [0.3, 0.4) is 0 Å². The Kier molecular flexibility index (Phi) is 6.98. The van der Waals surface area contributed by atoms with Crippen LogP contribution in [0.1, 0.15) is 96.5 Å². The molecule has 5 rings (SSSR count). The summed E-state index contributed by atoms with van der Waals surface area (Å²) in [6, 6.07) is 10.8. The second-order valence-corrected chi connectivity index (χ2v) is 13.0. The molecule has 0 radical (unpaired) electrons. The fraction of sp³-hybridized carbons (Fsp3) is 0.806. The highest BCUT2D eigenvalue weighted by Crippen LogP contribution is 2.67. The van der Waals surface area contributed by atoms with Gasteiger partial charge in [-0.2, -0.15) is 0 Å². The van der Waals surface area contributed by atoms with Gasteiger partial charge < -0.3 is 10.0 Å². The second kappa shape index (κ2) is 9.65. The second-order valence-electron chi connectivity index (χ2n) is 13.0. The van der Waals surface area contributed by atoms with E-state index < -0.39 is 0 Å². The van der Waals surface area contributed by atoms with Crippen LogP contribution in [0.25, 0.3) is 0 Å². The van der Waals surface area contributed by atoms with Crippen molar-refractivity contribution >= 4 is 0 Å². The summed E-state index contributed by atoms with van der Waals surface area (Å²) in [5.74, 6) is 4.12. The third-order valence-electron chi connectivity index (χ3n) is 11.5. The van der Waals surface area contributed by atoms with E-state index in [-0.39, 0.29) is 11.5 Å². The summed E-state index contributed by atoms with van der Waals surface area (Å²) in [5, 5.41) is 11.7. The molecule has 1 aromatic rings. The average molecular weight is 452 g/mol. The van der Waals surface area contributed by atoms with Gasteiger partial charge in [-0.25, -0.2) is 0 Å². The van der Waals surface area contributed by atoms with Gasteiger partial charge >= 0.3 is 0 Å². The summed E-state index contributed by atoms with van der Waals surface area (Å²) < 4.78 is 0. The van der Waals surface area contributed by atoms with Crippen LogP contribution in [-0.4, -0.2) is 29.7 Å². The maximum atomic E-state index is 11.7. The molecule has 0 saturated heterocycles. The average Bonchev–Trinajstić information content (AvgIpc) is 3.15. The first-order chi connectivity index (χ1) is 15.9. The molecule has 8 atom stereocenters. The first kappa shape index (κ1) is 23.9. The largest absolute Gasteiger partial charge is 0.393 e. The highest BCUT2D eigenvalue weighted by Gasteiger charge is 2.62. The van der Waals surface area contributed by atoms with Crippen molar-refractivity contribution in [2.45, 2.75) is 104 Å². The Bertz CT molecular complexity index is 778. The molecule has 0 bridgehead atoms. The van der Waals surface area contributed by atoms with Gasteiger partial charge in [0.05, 0.1) is 6.10 Å². The molecule has 0 heterocycles. The van der Waals surface area contributed by atoms with Gasteiger partial charge in [0.2, 0.25) is 0 Å². The van der Waals surface area contributed by atoms with Crippen molar-refractivity contribution < 1.29 is 5.11 Å². The molecule has 0 spiro atoms. The molecule has 4 aliphatic carbocycles. The van der Waals surface area contributed by atoms with Gasteiger partial charge in [-0.05, 0) is 117 Å². The van der Waals surface area contributed by atoms with E-state index >= 15 is 0 Å². The molecule has 4 fully saturated rings. The van der Waals surface area contributed by atoms with Crippen LogP contribution in [0.2, 0.25) is 0 Å². The van der Waals surface area contributed by atoms with Gasteiger partial charge in [0.15, 0.2) is 0 Å². The van der Waals surface area contributed by atoms with E-state index in [2.05, 4.69) is 56.1 Å². The minimum Gasteiger partial charge on any atom is -0.393 e. The topological polar surface area (TPSA) is 23.5 Å². The number of hydrogen-bond acceptors (Lipinski definition) is 2. The molecule has 4 saturated carbocycles. The minimum absolute atomic E-state index is 0.0745. The lowest BCUT2D eigenvalue weighted by Gasteiger charge is -2.62. The molecule has 2 nitrogen and oxygen atoms in total. The summed E-state index contributed by atoms with van der Waals surface area (Å²) in [6.07, 6.45) is 16.4. The van der Waals surface area contributed by atoms with Crippen molar-refractivity contribution in [3.8, 4) is 0 Å². The molecule has 33 heavy (non-hydrogen) atoms. The van der Waals surface area contributed by atoms with Crippen molar-refractivity contribution in [1.29, 1.82) is 0 Å². The third kappa shape index (κ3) is 4.33. The molecule has 0 aliphatic heterocycles. The van der Waals surface area contributed by atoms with Crippen molar-refractivity contribution in [2.24, 2.45) is 40.4 Å². The summed E-state index contributed by atoms with van der Waals surface area (Å²) in [7, 11) is 2.26. The van der Waals surface area contributed by atoms with Crippen molar-refractivity contribution in [3.05, 3.63) is 35.9 Å². The lowest BCUT2D eigenvalue weighted by molar-refractivity contribution is -0.164. The third-order valence-corrected chi connectivity index (χ3v) is 11.5. The number of rotatable bonds is 7. The van der Waals surface area contributed by atoms with E-state index in [1.807, 2.05) is 0 Å². The molecule has 0 aromatic heterocycles. The summed E-state index contributed by atoms with van der Waals surface area (Å²) >= 11 is 0. The van der Waals surface area contributed by atoms with Crippen LogP contribution in [0.5, 0.6) is 0 Å². The Balaban J connectivity index is 1.17. The number of nitrogens with zero attached hydrogens (tertiary/aromatic N) is 1. The van der Waals surface area contributed by atoms with E-state index in [0.717, 1.165) is 42.6 Å². The quantitative estimate of drug-likeness (QED) is 0.439. The predicted octanol–water partition coefficient (Wildman–Crippen LogP) is 7.31. The molecule has 1 aromatic carbocycles. The van der Waals surface area contributed by atoms with Gasteiger partial charge in [-0.1, -0.05) is 63.4 Å². The summed E-state index contributed by atoms with van der Waals surface area (Å²) in [4.78, 5) is 2.47. The number of fused-ring (bicyclic) bond motifs is 5. The zero-order valence-electron chi connectivity index (χ0n) is 21.6. The minimum atomic E-state index is -0.0745. The van der Waals surface area contributed by atoms with Crippen molar-refractivity contribution in [1.82, 2.24) is 4.90 Å². The lowest BCUT2D eigenvalue weighted by Crippen LogP contribution is -2.57. The lowest BCUT2D eigenvalue weighted by atomic mass is 9.44. The van der Waals surface area contributed by atoms with E-state index in [1.54, 1.807) is 0 Å². The molecule has 0 amide bonds. The Labute approximate surface area is 203 Å². The molecule has 4 unspecified atom stereocenters. The highest BCUT2D eigenvalue weighted by atomic mass is 16.3. The predicted molar refractivity (Wildman–Crippen MR) is 138 cm³/mol. The van der Waals surface area contributed by atoms with E-state index in [0.29, 0.717) is 5.41 Å². The van der Waals surface area contributed by atoms with Crippen LogP contribution in [-0.2, 0) is 6.54 Å². The fourth-order valence-electron chi connectivity index (χ4n) is 9.60. The van der Waals surface area contributed by atoms with E-state index in [4.69, 9.17) is 0 Å². The zero-order valence-corrected chi connectivity index (χ0v) is 21.6. The number of aliphatic hydroxyl groups is 1. The first-order valence-corrected chi connectivity index (χ1v) is 14.3. The number of benzene rings is 1. The zero-order chi connectivity index (χ0) is 23.1. The Hall–Kier alpha value is -0.860. The SMILES string of the molecule is CN(CCCC[C@H]1CCC2C3CCC4CCCC[C@]4(C)C3C[C@H](O)[C@@]21C)Cc1ccccc1. The standard InChI is InChI=1S/C31H49NO/c1-30-19-9-7-13-24(30)15-17-26-27-18-16-25(31(27,2)29(33)21-28(26)30)14-8-10-20-32(3)22-23-11-5-4-6-12-23/h4-6,11-12,24-29,33H,7-10,13-22H2,1-3H3/t24?,25-,26?,27?,28?,29-,30-,31+/m0/s1. The summed E-state index contributed by atoms with van der Waals surface area (Å²) in [5.41, 5.74) is 2.10. The van der Waals surface area contributed by atoms with Crippen LogP contribution in [0.15, 0.2) is 30.3 Å². The van der Waals surface area contributed by atoms with Gasteiger partial charge in [-0.3, -0.25) is 0 Å². The molecular formula is C31H49NO. The van der Waals surface area contributed by atoms with Crippen LogP contribution in [0, 0.1) is 40.4 Å². The van der Waals surface area contributed by atoms with Gasteiger partial charge in [0.25, 0.3) is 0 Å². The fourth-order valence-corrected chi connectivity index (χ4v) is 9.60. The molecule has 184 valence electrons. The monoisotopic (exact) mass is 451 g/mol. The number of aliphatic hydroxyl groups excluding tert-OH is 1. The Morgan fingerprint density at radius 3 is 2.58 bits per heavy atom. The summed E-state index contributed by atoms with van der Waals surface area (Å²) in [6.45, 7) is 7.36. The number of hydrogen-bond donors (Lipinski definition) is 1. The Morgan fingerprint density at radius 2 is 1.76 bits per heavy atom. The van der Waals surface area contributed by atoms with Crippen LogP contribution >= 0.6 is 0 Å². The Morgan fingerprint density at radius 1 is 0.939 bits per heavy atom. The molecule has 2 heteroatoms. The van der Waals surface area contributed by atoms with E-state index in [9.17, 15) is 5.11 Å². The van der Waals surface area contributed by atoms with Crippen molar-refractivity contribution in [2.75, 3.05) is 13.6 Å². The molecule has 4 aliphatic rings. The highest BCUT2D eigenvalue weighted by molar-refractivity contribution is 5.14. The molecular weight excluding hydrogens is 402 g/mol. The van der Waals surface area contributed by atoms with Crippen LogP contribution in [0.4, 0.5) is 0 Å². The van der Waals surface area contributed by atoms with Gasteiger partial charge in [-0.15, -0.1) is 0 Å². The first-order valence-electron chi connectivity index (χ1n) is 14.3. The van der Waals surface area contributed by atoms with Gasteiger partial charge in [0.1, 0.15) is 0 Å². The smallest absolute Gasteiger partial charge is 0.0602 e. The molecule has 1 N–H and O–H groups in total. The van der Waals surface area contributed by atoms with Crippen LogP contribution < -0.4 is 0 Å². The normalized spacial score (nSPS) is 42.6. The van der Waals surface area contributed by atoms with Crippen molar-refractivity contribution in [3.63, 3.8) is 0 Å². The maximum Gasteiger partial charge on any atom is 0.0602 e. The van der Waals surface area contributed by atoms with E-state index in [1.165, 1.54) is 82.7 Å². The number of unbranched alkanes of at least 4 members (excludes halogenated alkanes) is 1. The maximum absolute atomic E-state index is 11.7. The van der Waals surface area contributed by atoms with Gasteiger partial charge in [0, 0.05) is 6.54 Å².